The molecule has 0 fully saturated rings. The van der Waals surface area contributed by atoms with Gasteiger partial charge in [0.25, 0.3) is 5.91 Å². The maximum Gasteiger partial charge on any atom is 0.271 e. The average Bonchev–Trinajstić information content (AvgIpc) is 2.73. The zero-order valence-electron chi connectivity index (χ0n) is 15.3. The van der Waals surface area contributed by atoms with E-state index in [4.69, 9.17) is 9.47 Å². The highest BCUT2D eigenvalue weighted by molar-refractivity contribution is 14.1. The summed E-state index contributed by atoms with van der Waals surface area (Å²) < 4.78 is 12.2. The van der Waals surface area contributed by atoms with E-state index in [2.05, 4.69) is 33.1 Å². The molecule has 0 saturated heterocycles. The Kier molecular flexibility index (Phi) is 7.02. The van der Waals surface area contributed by atoms with Crippen molar-refractivity contribution in [2.45, 2.75) is 6.61 Å². The van der Waals surface area contributed by atoms with Crippen molar-refractivity contribution in [1.29, 1.82) is 0 Å². The van der Waals surface area contributed by atoms with Crippen LogP contribution >= 0.6 is 22.6 Å². The molecule has 0 aliphatic heterocycles. The SMILES string of the molecule is COc1cc(/C=N\NC(=O)c2cccc(I)c2)ccc1OCc1ccccc1. The molecule has 0 saturated carbocycles. The fourth-order valence-corrected chi connectivity index (χ4v) is 3.02. The van der Waals surface area contributed by atoms with Crippen LogP contribution in [0.1, 0.15) is 21.5 Å². The molecule has 3 aromatic rings. The lowest BCUT2D eigenvalue weighted by Crippen LogP contribution is -2.17. The van der Waals surface area contributed by atoms with Gasteiger partial charge in [0.2, 0.25) is 0 Å². The van der Waals surface area contributed by atoms with Crippen LogP contribution in [-0.4, -0.2) is 19.2 Å². The molecule has 0 heterocycles. The molecule has 1 N–H and O–H groups in total. The van der Waals surface area contributed by atoms with Crippen LogP contribution in [0.5, 0.6) is 11.5 Å². The average molecular weight is 486 g/mol. The van der Waals surface area contributed by atoms with Crippen molar-refractivity contribution in [1.82, 2.24) is 5.43 Å². The standard InChI is InChI=1S/C22H19IN2O3/c1-27-21-12-17(10-11-20(21)28-15-16-6-3-2-4-7-16)14-24-25-22(26)18-8-5-9-19(23)13-18/h2-14H,15H2,1H3,(H,25,26)/b24-14-. The van der Waals surface area contributed by atoms with Crippen LogP contribution in [0, 0.1) is 3.57 Å². The van der Waals surface area contributed by atoms with E-state index in [1.807, 2.05) is 54.6 Å². The van der Waals surface area contributed by atoms with Crippen molar-refractivity contribution in [3.8, 4) is 11.5 Å². The first kappa shape index (κ1) is 19.9. The van der Waals surface area contributed by atoms with Gasteiger partial charge in [-0.25, -0.2) is 5.43 Å². The number of nitrogens with one attached hydrogen (secondary N) is 1. The van der Waals surface area contributed by atoms with Crippen LogP contribution in [0.2, 0.25) is 0 Å². The Morgan fingerprint density at radius 3 is 2.61 bits per heavy atom. The molecule has 0 atom stereocenters. The van der Waals surface area contributed by atoms with Gasteiger partial charge in [0.05, 0.1) is 13.3 Å². The zero-order valence-corrected chi connectivity index (χ0v) is 17.4. The summed E-state index contributed by atoms with van der Waals surface area (Å²) in [4.78, 5) is 12.1. The van der Waals surface area contributed by atoms with E-state index < -0.39 is 0 Å². The number of methoxy groups -OCH3 is 1. The predicted molar refractivity (Wildman–Crippen MR) is 118 cm³/mol. The molecule has 0 unspecified atom stereocenters. The number of amides is 1. The van der Waals surface area contributed by atoms with E-state index in [0.29, 0.717) is 23.7 Å². The highest BCUT2D eigenvalue weighted by Gasteiger charge is 2.07. The molecule has 5 nitrogen and oxygen atoms in total. The smallest absolute Gasteiger partial charge is 0.271 e. The van der Waals surface area contributed by atoms with Gasteiger partial charge in [-0.3, -0.25) is 4.79 Å². The van der Waals surface area contributed by atoms with Crippen LogP contribution in [0.25, 0.3) is 0 Å². The highest BCUT2D eigenvalue weighted by Crippen LogP contribution is 2.28. The Bertz CT molecular complexity index is 975. The largest absolute Gasteiger partial charge is 0.493 e. The summed E-state index contributed by atoms with van der Waals surface area (Å²) in [5.74, 6) is 0.986. The van der Waals surface area contributed by atoms with Gasteiger partial charge < -0.3 is 9.47 Å². The number of hydrogen-bond acceptors (Lipinski definition) is 4. The van der Waals surface area contributed by atoms with Gasteiger partial charge in [-0.05, 0) is 70.1 Å². The van der Waals surface area contributed by atoms with Gasteiger partial charge in [-0.1, -0.05) is 36.4 Å². The number of nitrogens with zero attached hydrogens (tertiary/aromatic N) is 1. The lowest BCUT2D eigenvalue weighted by Gasteiger charge is -2.11. The maximum atomic E-state index is 12.1. The molecule has 0 aliphatic rings. The predicted octanol–water partition coefficient (Wildman–Crippen LogP) is 4.64. The normalized spacial score (nSPS) is 10.6. The molecule has 3 rings (SSSR count). The topological polar surface area (TPSA) is 59.9 Å². The van der Waals surface area contributed by atoms with E-state index >= 15 is 0 Å². The highest BCUT2D eigenvalue weighted by atomic mass is 127. The summed E-state index contributed by atoms with van der Waals surface area (Å²) in [6.07, 6.45) is 1.56. The maximum absolute atomic E-state index is 12.1. The van der Waals surface area contributed by atoms with Crippen LogP contribution in [0.3, 0.4) is 0 Å². The third-order valence-corrected chi connectivity index (χ3v) is 4.56. The number of halogens is 1. The molecule has 0 bridgehead atoms. The summed E-state index contributed by atoms with van der Waals surface area (Å²) >= 11 is 2.16. The van der Waals surface area contributed by atoms with Crippen LogP contribution in [-0.2, 0) is 6.61 Å². The minimum atomic E-state index is -0.260. The lowest BCUT2D eigenvalue weighted by molar-refractivity contribution is 0.0955. The molecular weight excluding hydrogens is 467 g/mol. The van der Waals surface area contributed by atoms with E-state index in [0.717, 1.165) is 14.7 Å². The number of rotatable bonds is 7. The van der Waals surface area contributed by atoms with Gasteiger partial charge in [0, 0.05) is 9.13 Å². The monoisotopic (exact) mass is 486 g/mol. The van der Waals surface area contributed by atoms with Crippen LogP contribution in [0.15, 0.2) is 77.9 Å². The summed E-state index contributed by atoms with van der Waals surface area (Å²) in [5.41, 5.74) is 4.95. The molecule has 1 amide bonds. The molecule has 0 radical (unpaired) electrons. The first-order valence-corrected chi connectivity index (χ1v) is 9.67. The minimum Gasteiger partial charge on any atom is -0.493 e. The Morgan fingerprint density at radius 2 is 1.86 bits per heavy atom. The fraction of sp³-hybridized carbons (Fsp3) is 0.0909. The number of benzene rings is 3. The fourth-order valence-electron chi connectivity index (χ4n) is 2.48. The van der Waals surface area contributed by atoms with Crippen molar-refractivity contribution in [3.05, 3.63) is 93.1 Å². The Hall–Kier alpha value is -2.87. The van der Waals surface area contributed by atoms with E-state index in [-0.39, 0.29) is 5.91 Å². The van der Waals surface area contributed by atoms with E-state index in [1.54, 1.807) is 31.5 Å². The number of ether oxygens (including phenoxy) is 2. The van der Waals surface area contributed by atoms with E-state index in [1.165, 1.54) is 0 Å². The molecule has 6 heteroatoms. The summed E-state index contributed by atoms with van der Waals surface area (Å²) in [7, 11) is 1.59. The Balaban J connectivity index is 1.62. The third-order valence-electron chi connectivity index (χ3n) is 3.89. The van der Waals surface area contributed by atoms with Crippen molar-refractivity contribution >= 4 is 34.7 Å². The van der Waals surface area contributed by atoms with Gasteiger partial charge >= 0.3 is 0 Å². The third kappa shape index (κ3) is 5.56. The van der Waals surface area contributed by atoms with Gasteiger partial charge in [-0.15, -0.1) is 0 Å². The summed E-state index contributed by atoms with van der Waals surface area (Å²) in [6, 6.07) is 22.7. The van der Waals surface area contributed by atoms with Crippen LogP contribution in [0.4, 0.5) is 0 Å². The summed E-state index contributed by atoms with van der Waals surface area (Å²) in [6.45, 7) is 0.455. The molecule has 3 aromatic carbocycles. The zero-order chi connectivity index (χ0) is 19.8. The molecular formula is C22H19IN2O3. The van der Waals surface area contributed by atoms with Crippen LogP contribution < -0.4 is 14.9 Å². The number of carbonyl (C=O) groups is 1. The molecule has 0 spiro atoms. The Labute approximate surface area is 177 Å². The minimum absolute atomic E-state index is 0.260. The first-order valence-electron chi connectivity index (χ1n) is 8.59. The Morgan fingerprint density at radius 1 is 1.04 bits per heavy atom. The second kappa shape index (κ2) is 9.89. The molecule has 28 heavy (non-hydrogen) atoms. The summed E-state index contributed by atoms with van der Waals surface area (Å²) in [5, 5.41) is 4.02. The molecule has 142 valence electrons. The van der Waals surface area contributed by atoms with Crippen molar-refractivity contribution in [3.63, 3.8) is 0 Å². The molecule has 0 aromatic heterocycles. The number of carbonyl (C=O) groups excluding carboxylic acids is 1. The van der Waals surface area contributed by atoms with Gasteiger partial charge in [0.15, 0.2) is 11.5 Å². The van der Waals surface area contributed by atoms with E-state index in [9.17, 15) is 4.79 Å². The van der Waals surface area contributed by atoms with Crippen molar-refractivity contribution in [2.24, 2.45) is 5.10 Å². The van der Waals surface area contributed by atoms with Crippen molar-refractivity contribution in [2.75, 3.05) is 7.11 Å². The second-order valence-corrected chi connectivity index (χ2v) is 7.14. The number of hydrogen-bond donors (Lipinski definition) is 1. The van der Waals surface area contributed by atoms with Gasteiger partial charge in [-0.2, -0.15) is 5.10 Å². The van der Waals surface area contributed by atoms with Crippen molar-refractivity contribution < 1.29 is 14.3 Å². The number of hydrazone groups is 1. The molecule has 0 aliphatic carbocycles. The first-order chi connectivity index (χ1) is 13.7. The lowest BCUT2D eigenvalue weighted by atomic mass is 10.2. The second-order valence-electron chi connectivity index (χ2n) is 5.89. The van der Waals surface area contributed by atoms with Gasteiger partial charge in [0.1, 0.15) is 6.61 Å². The quantitative estimate of drug-likeness (QED) is 0.301.